The molecule has 21 heavy (non-hydrogen) atoms. The van der Waals surface area contributed by atoms with Crippen LogP contribution in [0, 0.1) is 0 Å². The van der Waals surface area contributed by atoms with Crippen molar-refractivity contribution in [2.45, 2.75) is 0 Å². The van der Waals surface area contributed by atoms with Gasteiger partial charge in [-0.1, -0.05) is 0 Å². The van der Waals surface area contributed by atoms with Crippen LogP contribution in [0.5, 0.6) is 0 Å². The SMILES string of the molecule is Cl.Nc1ccc(NC(=O)/C=C\c2cc(N)ccc2N)cc1. The number of anilines is 4. The molecule has 110 valence electrons. The van der Waals surface area contributed by atoms with Gasteiger partial charge >= 0.3 is 0 Å². The Bertz CT molecular complexity index is 653. The summed E-state index contributed by atoms with van der Waals surface area (Å²) >= 11 is 0. The van der Waals surface area contributed by atoms with Crippen LogP contribution < -0.4 is 22.5 Å². The van der Waals surface area contributed by atoms with E-state index in [1.54, 1.807) is 48.5 Å². The lowest BCUT2D eigenvalue weighted by molar-refractivity contribution is -0.111. The number of amides is 1. The van der Waals surface area contributed by atoms with Crippen molar-refractivity contribution in [2.24, 2.45) is 0 Å². The molecule has 2 aromatic carbocycles. The van der Waals surface area contributed by atoms with Crippen molar-refractivity contribution in [3.8, 4) is 0 Å². The molecule has 6 heteroatoms. The van der Waals surface area contributed by atoms with E-state index in [9.17, 15) is 4.79 Å². The second-order valence-corrected chi connectivity index (χ2v) is 4.33. The summed E-state index contributed by atoms with van der Waals surface area (Å²) in [6.45, 7) is 0. The highest BCUT2D eigenvalue weighted by Crippen LogP contribution is 2.17. The van der Waals surface area contributed by atoms with Gasteiger partial charge in [-0.2, -0.15) is 0 Å². The molecule has 0 fully saturated rings. The van der Waals surface area contributed by atoms with Crippen molar-refractivity contribution in [3.05, 3.63) is 54.1 Å². The first-order chi connectivity index (χ1) is 9.54. The van der Waals surface area contributed by atoms with E-state index in [-0.39, 0.29) is 18.3 Å². The van der Waals surface area contributed by atoms with Crippen molar-refractivity contribution in [1.29, 1.82) is 0 Å². The molecule has 0 aliphatic rings. The second-order valence-electron chi connectivity index (χ2n) is 4.33. The fourth-order valence-corrected chi connectivity index (χ4v) is 1.65. The van der Waals surface area contributed by atoms with E-state index >= 15 is 0 Å². The number of nitrogens with two attached hydrogens (primary N) is 3. The molecule has 0 aliphatic heterocycles. The molecular weight excluding hydrogens is 288 g/mol. The van der Waals surface area contributed by atoms with E-state index in [1.807, 2.05) is 0 Å². The van der Waals surface area contributed by atoms with Crippen molar-refractivity contribution in [1.82, 2.24) is 0 Å². The molecular formula is C15H17ClN4O. The topological polar surface area (TPSA) is 107 Å². The van der Waals surface area contributed by atoms with Gasteiger partial charge < -0.3 is 22.5 Å². The molecule has 0 aliphatic carbocycles. The monoisotopic (exact) mass is 304 g/mol. The maximum atomic E-state index is 11.8. The number of nitrogen functional groups attached to an aromatic ring is 3. The van der Waals surface area contributed by atoms with Crippen LogP contribution in [0.3, 0.4) is 0 Å². The van der Waals surface area contributed by atoms with Crippen LogP contribution in [0.15, 0.2) is 48.5 Å². The number of halogens is 1. The third-order valence-corrected chi connectivity index (χ3v) is 2.70. The molecule has 5 nitrogen and oxygen atoms in total. The molecule has 2 aromatic rings. The summed E-state index contributed by atoms with van der Waals surface area (Å²) in [6.07, 6.45) is 3.03. The molecule has 2 rings (SSSR count). The molecule has 7 N–H and O–H groups in total. The summed E-state index contributed by atoms with van der Waals surface area (Å²) in [6, 6.07) is 12.0. The highest BCUT2D eigenvalue weighted by molar-refractivity contribution is 6.02. The molecule has 0 atom stereocenters. The Morgan fingerprint density at radius 2 is 1.57 bits per heavy atom. The minimum Gasteiger partial charge on any atom is -0.399 e. The number of rotatable bonds is 3. The van der Waals surface area contributed by atoms with Gasteiger partial charge in [0.25, 0.3) is 0 Å². The predicted molar refractivity (Wildman–Crippen MR) is 91.0 cm³/mol. The van der Waals surface area contributed by atoms with Gasteiger partial charge in [-0.15, -0.1) is 12.4 Å². The first-order valence-corrected chi connectivity index (χ1v) is 6.04. The first-order valence-electron chi connectivity index (χ1n) is 6.04. The van der Waals surface area contributed by atoms with Gasteiger partial charge in [-0.05, 0) is 54.1 Å². The van der Waals surface area contributed by atoms with E-state index in [0.29, 0.717) is 28.3 Å². The van der Waals surface area contributed by atoms with Crippen LogP contribution >= 0.6 is 12.4 Å². The maximum Gasteiger partial charge on any atom is 0.248 e. The summed E-state index contributed by atoms with van der Waals surface area (Å²) in [4.78, 5) is 11.8. The predicted octanol–water partition coefficient (Wildman–Crippen LogP) is 2.51. The zero-order valence-electron chi connectivity index (χ0n) is 11.2. The second kappa shape index (κ2) is 7.21. The molecule has 0 radical (unpaired) electrons. The van der Waals surface area contributed by atoms with Crippen molar-refractivity contribution in [2.75, 3.05) is 22.5 Å². The van der Waals surface area contributed by atoms with Crippen LogP contribution in [0.25, 0.3) is 6.08 Å². The molecule has 0 bridgehead atoms. The van der Waals surface area contributed by atoms with E-state index < -0.39 is 0 Å². The summed E-state index contributed by atoms with van der Waals surface area (Å²) in [5.74, 6) is -0.253. The average molecular weight is 305 g/mol. The Morgan fingerprint density at radius 3 is 2.24 bits per heavy atom. The van der Waals surface area contributed by atoms with Crippen LogP contribution in [-0.2, 0) is 4.79 Å². The largest absolute Gasteiger partial charge is 0.399 e. The number of hydrogen-bond donors (Lipinski definition) is 4. The standard InChI is InChI=1S/C15H16N4O.ClH/c16-11-2-5-13(6-3-11)19-15(20)8-1-10-9-12(17)4-7-14(10)18;/h1-9H,16-18H2,(H,19,20);1H/b8-1-;. The fraction of sp³-hybridized carbons (Fsp3) is 0. The Labute approximate surface area is 129 Å². The molecule has 0 heterocycles. The first kappa shape index (κ1) is 16.4. The molecule has 0 unspecified atom stereocenters. The van der Waals surface area contributed by atoms with Gasteiger partial charge in [0.15, 0.2) is 0 Å². The molecule has 0 spiro atoms. The maximum absolute atomic E-state index is 11.8. The number of carbonyl (C=O) groups excluding carboxylic acids is 1. The van der Waals surface area contributed by atoms with Gasteiger partial charge in [-0.3, -0.25) is 4.79 Å². The van der Waals surface area contributed by atoms with Crippen LogP contribution in [0.4, 0.5) is 22.7 Å². The lowest BCUT2D eigenvalue weighted by Crippen LogP contribution is -2.07. The normalized spacial score (nSPS) is 10.1. The van der Waals surface area contributed by atoms with Crippen LogP contribution in [-0.4, -0.2) is 5.91 Å². The smallest absolute Gasteiger partial charge is 0.248 e. The highest BCUT2D eigenvalue weighted by Gasteiger charge is 1.99. The average Bonchev–Trinajstić information content (AvgIpc) is 2.42. The molecule has 0 saturated carbocycles. The lowest BCUT2D eigenvalue weighted by atomic mass is 10.1. The van der Waals surface area contributed by atoms with E-state index in [4.69, 9.17) is 17.2 Å². The quantitative estimate of drug-likeness (QED) is 0.516. The summed E-state index contributed by atoms with van der Waals surface area (Å²) in [5.41, 5.74) is 20.2. The third kappa shape index (κ3) is 4.74. The molecule has 1 amide bonds. The number of nitrogens with one attached hydrogen (secondary N) is 1. The van der Waals surface area contributed by atoms with Crippen molar-refractivity contribution in [3.63, 3.8) is 0 Å². The summed E-state index contributed by atoms with van der Waals surface area (Å²) in [7, 11) is 0. The highest BCUT2D eigenvalue weighted by atomic mass is 35.5. The molecule has 0 aromatic heterocycles. The van der Waals surface area contributed by atoms with E-state index in [1.165, 1.54) is 6.08 Å². The fourth-order valence-electron chi connectivity index (χ4n) is 1.65. The van der Waals surface area contributed by atoms with Gasteiger partial charge in [0, 0.05) is 28.8 Å². The van der Waals surface area contributed by atoms with Gasteiger partial charge in [0.2, 0.25) is 5.91 Å². The molecule has 0 saturated heterocycles. The van der Waals surface area contributed by atoms with Crippen LogP contribution in [0.2, 0.25) is 0 Å². The van der Waals surface area contributed by atoms with Gasteiger partial charge in [0.05, 0.1) is 0 Å². The van der Waals surface area contributed by atoms with Gasteiger partial charge in [0.1, 0.15) is 0 Å². The zero-order valence-corrected chi connectivity index (χ0v) is 12.1. The Kier molecular flexibility index (Phi) is 5.63. The number of hydrogen-bond acceptors (Lipinski definition) is 4. The number of benzene rings is 2. The zero-order chi connectivity index (χ0) is 14.5. The van der Waals surface area contributed by atoms with Gasteiger partial charge in [-0.25, -0.2) is 0 Å². The van der Waals surface area contributed by atoms with E-state index in [2.05, 4.69) is 5.32 Å². The minimum absolute atomic E-state index is 0. The van der Waals surface area contributed by atoms with Crippen LogP contribution in [0.1, 0.15) is 5.56 Å². The third-order valence-electron chi connectivity index (χ3n) is 2.70. The Balaban J connectivity index is 0.00000220. The van der Waals surface area contributed by atoms with Crippen molar-refractivity contribution >= 4 is 47.1 Å². The summed E-state index contributed by atoms with van der Waals surface area (Å²) in [5, 5.41) is 2.72. The Morgan fingerprint density at radius 1 is 0.952 bits per heavy atom. The summed E-state index contributed by atoms with van der Waals surface area (Å²) < 4.78 is 0. The lowest BCUT2D eigenvalue weighted by Gasteiger charge is -2.03. The Hall–Kier alpha value is -2.66. The number of carbonyl (C=O) groups is 1. The van der Waals surface area contributed by atoms with E-state index in [0.717, 1.165) is 0 Å². The van der Waals surface area contributed by atoms with Crippen molar-refractivity contribution < 1.29 is 4.79 Å². The minimum atomic E-state index is -0.253.